The zero-order valence-corrected chi connectivity index (χ0v) is 32.6. The molecule has 8 aliphatic carbocycles. The standard InChI is InChI=1S/C24H22O.C16H15Br.C8H9BO3/c1-17(25)21-12-14-23(15-13-21)24-16-20-7-6-18-2-4-19(5-3-18)8-10-22(24)11-9-20;17-16-11-14-6-5-12-1-3-13(4-2-12)7-9-15(16)10-8-14;1-6(10)7-2-4-8(5-3-7)9(11)12/h2-5,9,11-16H,6-8,10H2,1H3;1-4,8,10-11H,5-7,9H2;2-5,11-12H,1H3. The van der Waals surface area contributed by atoms with Crippen molar-refractivity contribution >= 4 is 40.1 Å². The van der Waals surface area contributed by atoms with Gasteiger partial charge >= 0.3 is 7.12 Å². The fourth-order valence-electron chi connectivity index (χ4n) is 6.87. The molecule has 0 amide bonds. The molecular formula is C48H46BBrO4. The van der Waals surface area contributed by atoms with Gasteiger partial charge in [0.15, 0.2) is 11.6 Å². The van der Waals surface area contributed by atoms with E-state index < -0.39 is 7.12 Å². The molecule has 0 aliphatic heterocycles. The molecule has 272 valence electrons. The van der Waals surface area contributed by atoms with Crippen LogP contribution in [0.4, 0.5) is 0 Å². The van der Waals surface area contributed by atoms with Gasteiger partial charge in [0.1, 0.15) is 0 Å². The average molecular weight is 778 g/mol. The molecule has 0 saturated carbocycles. The predicted octanol–water partition coefficient (Wildman–Crippen LogP) is 9.34. The lowest BCUT2D eigenvalue weighted by atomic mass is 9.80. The van der Waals surface area contributed by atoms with Crippen molar-refractivity contribution < 1.29 is 19.6 Å². The van der Waals surface area contributed by atoms with Gasteiger partial charge in [0.25, 0.3) is 0 Å². The van der Waals surface area contributed by atoms with Crippen molar-refractivity contribution in [3.63, 3.8) is 0 Å². The van der Waals surface area contributed by atoms with Crippen molar-refractivity contribution in [3.05, 3.63) is 194 Å². The number of benzene rings is 6. The summed E-state index contributed by atoms with van der Waals surface area (Å²) in [5.74, 6) is 0.0830. The first-order valence-corrected chi connectivity index (χ1v) is 19.5. The van der Waals surface area contributed by atoms with E-state index in [2.05, 4.69) is 113 Å². The van der Waals surface area contributed by atoms with Crippen LogP contribution in [0, 0.1) is 0 Å². The first-order chi connectivity index (χ1) is 26.1. The molecule has 0 spiro atoms. The number of rotatable bonds is 4. The van der Waals surface area contributed by atoms with E-state index in [1.807, 2.05) is 12.1 Å². The number of carbonyl (C=O) groups excluding carboxylic acids is 2. The highest BCUT2D eigenvalue weighted by atomic mass is 79.9. The summed E-state index contributed by atoms with van der Waals surface area (Å²) in [5, 5.41) is 17.4. The molecule has 8 bridgehead atoms. The minimum absolute atomic E-state index is 0.0334. The summed E-state index contributed by atoms with van der Waals surface area (Å²) >= 11 is 3.69. The van der Waals surface area contributed by atoms with Crippen molar-refractivity contribution in [3.8, 4) is 11.1 Å². The van der Waals surface area contributed by atoms with Gasteiger partial charge in [-0.25, -0.2) is 0 Å². The molecule has 6 aromatic rings. The minimum atomic E-state index is -1.47. The van der Waals surface area contributed by atoms with Crippen LogP contribution in [0.15, 0.2) is 138 Å². The molecular weight excluding hydrogens is 731 g/mol. The largest absolute Gasteiger partial charge is 0.488 e. The van der Waals surface area contributed by atoms with E-state index >= 15 is 0 Å². The molecule has 6 aromatic carbocycles. The van der Waals surface area contributed by atoms with Crippen LogP contribution in [0.5, 0.6) is 0 Å². The molecule has 0 unspecified atom stereocenters. The van der Waals surface area contributed by atoms with Crippen molar-refractivity contribution in [2.75, 3.05) is 0 Å². The molecule has 6 heteroatoms. The van der Waals surface area contributed by atoms with Gasteiger partial charge in [0, 0.05) is 15.6 Å². The highest BCUT2D eigenvalue weighted by Gasteiger charge is 2.12. The van der Waals surface area contributed by atoms with E-state index in [0.29, 0.717) is 11.0 Å². The second-order valence-electron chi connectivity index (χ2n) is 14.2. The van der Waals surface area contributed by atoms with Crippen LogP contribution in [-0.2, 0) is 51.4 Å². The molecule has 0 saturated heterocycles. The van der Waals surface area contributed by atoms with Gasteiger partial charge < -0.3 is 10.0 Å². The lowest BCUT2D eigenvalue weighted by Gasteiger charge is -2.15. The van der Waals surface area contributed by atoms with E-state index in [1.54, 1.807) is 19.1 Å². The number of hydrogen-bond donors (Lipinski definition) is 2. The first kappa shape index (κ1) is 38.8. The Bertz CT molecular complexity index is 2190. The van der Waals surface area contributed by atoms with Gasteiger partial charge in [-0.05, 0) is 132 Å². The summed E-state index contributed by atoms with van der Waals surface area (Å²) in [6.45, 7) is 3.08. The Morgan fingerprint density at radius 2 is 0.833 bits per heavy atom. The Morgan fingerprint density at radius 3 is 1.28 bits per heavy atom. The lowest BCUT2D eigenvalue weighted by Crippen LogP contribution is -2.29. The number of aryl methyl sites for hydroxylation is 8. The summed E-state index contributed by atoms with van der Waals surface area (Å²) in [7, 11) is -1.47. The summed E-state index contributed by atoms with van der Waals surface area (Å²) in [4.78, 5) is 22.3. The maximum atomic E-state index is 11.5. The molecule has 54 heavy (non-hydrogen) atoms. The summed E-state index contributed by atoms with van der Waals surface area (Å²) in [6, 6.07) is 46.1. The van der Waals surface area contributed by atoms with Crippen LogP contribution in [0.2, 0.25) is 0 Å². The van der Waals surface area contributed by atoms with Gasteiger partial charge in [-0.15, -0.1) is 0 Å². The number of hydrogen-bond acceptors (Lipinski definition) is 4. The maximum Gasteiger partial charge on any atom is 0.488 e. The van der Waals surface area contributed by atoms with E-state index in [0.717, 1.165) is 56.9 Å². The Labute approximate surface area is 328 Å². The van der Waals surface area contributed by atoms with Gasteiger partial charge in [0.05, 0.1) is 0 Å². The third-order valence-corrected chi connectivity index (χ3v) is 11.1. The third-order valence-electron chi connectivity index (χ3n) is 10.3. The molecule has 14 rings (SSSR count). The molecule has 0 heterocycles. The van der Waals surface area contributed by atoms with Crippen LogP contribution < -0.4 is 5.46 Å². The Hall–Kier alpha value is -4.88. The van der Waals surface area contributed by atoms with Gasteiger partial charge in [-0.1, -0.05) is 143 Å². The quantitative estimate of drug-likeness (QED) is 0.138. The topological polar surface area (TPSA) is 74.6 Å². The first-order valence-electron chi connectivity index (χ1n) is 18.7. The van der Waals surface area contributed by atoms with Crippen molar-refractivity contribution in [1.82, 2.24) is 0 Å². The van der Waals surface area contributed by atoms with E-state index in [1.165, 1.54) is 79.2 Å². The zero-order chi connectivity index (χ0) is 38.0. The fourth-order valence-corrected chi connectivity index (χ4v) is 7.49. The lowest BCUT2D eigenvalue weighted by molar-refractivity contribution is 0.100. The summed E-state index contributed by atoms with van der Waals surface area (Å²) in [5.41, 5.74) is 15.5. The number of ketones is 2. The molecule has 8 aliphatic rings. The Kier molecular flexibility index (Phi) is 13.3. The van der Waals surface area contributed by atoms with Crippen molar-refractivity contribution in [2.24, 2.45) is 0 Å². The molecule has 0 radical (unpaired) electrons. The zero-order valence-electron chi connectivity index (χ0n) is 31.0. The average Bonchev–Trinajstić information content (AvgIpc) is 3.18. The SMILES string of the molecule is Brc1cc2ccc1CCc1ccc(cc1)CC2.CC(=O)c1ccc(-c2cc3ccc2CCc2ccc(cc2)CC3)cc1.CC(=O)c1ccc(B(O)O)cc1. The fraction of sp³-hybridized carbons (Fsp3) is 0.208. The molecule has 0 atom stereocenters. The van der Waals surface area contributed by atoms with Crippen molar-refractivity contribution in [2.45, 2.75) is 65.2 Å². The van der Waals surface area contributed by atoms with Gasteiger partial charge in [-0.2, -0.15) is 0 Å². The van der Waals surface area contributed by atoms with Crippen molar-refractivity contribution in [1.29, 1.82) is 0 Å². The highest BCUT2D eigenvalue weighted by Crippen LogP contribution is 2.29. The van der Waals surface area contributed by atoms with Crippen LogP contribution in [-0.4, -0.2) is 28.7 Å². The second kappa shape index (κ2) is 18.4. The normalized spacial score (nSPS) is 12.8. The highest BCUT2D eigenvalue weighted by molar-refractivity contribution is 9.10. The molecule has 2 N–H and O–H groups in total. The van der Waals surface area contributed by atoms with Gasteiger partial charge in [-0.3, -0.25) is 9.59 Å². The number of halogens is 1. The number of Topliss-reactive ketones (excluding diaryl/α,β-unsaturated/α-hetero) is 2. The van der Waals surface area contributed by atoms with E-state index in [9.17, 15) is 9.59 Å². The van der Waals surface area contributed by atoms with E-state index in [4.69, 9.17) is 10.0 Å². The Balaban J connectivity index is 0.000000149. The third kappa shape index (κ3) is 10.6. The molecule has 0 aromatic heterocycles. The maximum absolute atomic E-state index is 11.5. The predicted molar refractivity (Wildman–Crippen MR) is 225 cm³/mol. The monoisotopic (exact) mass is 776 g/mol. The van der Waals surface area contributed by atoms with Crippen LogP contribution in [0.3, 0.4) is 0 Å². The summed E-state index contributed by atoms with van der Waals surface area (Å²) < 4.78 is 1.27. The van der Waals surface area contributed by atoms with Gasteiger partial charge in [0.2, 0.25) is 0 Å². The minimum Gasteiger partial charge on any atom is -0.423 e. The molecule has 0 fully saturated rings. The van der Waals surface area contributed by atoms with Crippen LogP contribution >= 0.6 is 15.9 Å². The smallest absolute Gasteiger partial charge is 0.423 e. The summed E-state index contributed by atoms with van der Waals surface area (Å²) in [6.07, 6.45) is 8.70. The Morgan fingerprint density at radius 1 is 0.463 bits per heavy atom. The van der Waals surface area contributed by atoms with E-state index in [-0.39, 0.29) is 11.6 Å². The molecule has 4 nitrogen and oxygen atoms in total. The number of carbonyl (C=O) groups is 2. The van der Waals surface area contributed by atoms with Crippen LogP contribution in [0.25, 0.3) is 11.1 Å². The van der Waals surface area contributed by atoms with Crippen LogP contribution in [0.1, 0.15) is 79.1 Å². The second-order valence-corrected chi connectivity index (χ2v) is 15.1.